The summed E-state index contributed by atoms with van der Waals surface area (Å²) in [5.74, 6) is 0. The Labute approximate surface area is 351 Å². The number of hydrogen-bond donors (Lipinski definition) is 0. The molecule has 2 nitrogen and oxygen atoms in total. The Kier molecular flexibility index (Phi) is 7.36. The van der Waals surface area contributed by atoms with E-state index in [-0.39, 0.29) is 10.8 Å². The van der Waals surface area contributed by atoms with Gasteiger partial charge in [0.15, 0.2) is 0 Å². The van der Waals surface area contributed by atoms with Gasteiger partial charge in [0.05, 0.1) is 22.4 Å². The van der Waals surface area contributed by atoms with Gasteiger partial charge in [-0.3, -0.25) is 0 Å². The number of fused-ring (bicyclic) bond motifs is 10. The molecule has 0 atom stereocenters. The highest BCUT2D eigenvalue weighted by molar-refractivity contribution is 6.10. The van der Waals surface area contributed by atoms with Gasteiger partial charge in [0.1, 0.15) is 0 Å². The molecule has 0 N–H and O–H groups in total. The number of para-hydroxylation sites is 2. The van der Waals surface area contributed by atoms with Gasteiger partial charge in [-0.2, -0.15) is 0 Å². The van der Waals surface area contributed by atoms with Crippen molar-refractivity contribution in [3.05, 3.63) is 216 Å². The van der Waals surface area contributed by atoms with E-state index in [1.54, 1.807) is 0 Å². The van der Waals surface area contributed by atoms with Crippen molar-refractivity contribution in [3.8, 4) is 39.1 Å². The normalized spacial score (nSPS) is 14.3. The van der Waals surface area contributed by atoms with Crippen molar-refractivity contribution in [3.63, 3.8) is 0 Å². The molecule has 60 heavy (non-hydrogen) atoms. The minimum absolute atomic E-state index is 0.152. The number of rotatable bonds is 5. The second kappa shape index (κ2) is 12.7. The van der Waals surface area contributed by atoms with Crippen molar-refractivity contribution >= 4 is 49.6 Å². The Morgan fingerprint density at radius 2 is 0.933 bits per heavy atom. The van der Waals surface area contributed by atoms with Crippen LogP contribution in [0.3, 0.4) is 0 Å². The monoisotopic (exact) mass is 768 g/mol. The maximum absolute atomic E-state index is 2.61. The molecule has 0 amide bonds. The van der Waals surface area contributed by atoms with E-state index in [1.165, 1.54) is 99.6 Å². The lowest BCUT2D eigenvalue weighted by atomic mass is 9.81. The highest BCUT2D eigenvalue weighted by atomic mass is 15.2. The van der Waals surface area contributed by atoms with Crippen LogP contribution in [0.5, 0.6) is 0 Å². The molecule has 10 aromatic rings. The van der Waals surface area contributed by atoms with Gasteiger partial charge in [-0.25, -0.2) is 0 Å². The van der Waals surface area contributed by atoms with Gasteiger partial charge < -0.3 is 9.47 Å². The molecule has 0 saturated carbocycles. The minimum atomic E-state index is -0.237. The fourth-order valence-electron chi connectivity index (χ4n) is 11.0. The van der Waals surface area contributed by atoms with Crippen molar-refractivity contribution < 1.29 is 0 Å². The standard InChI is InChI=1S/C58H44N2/c1-57(2)49-28-12-8-24-47(49)55-50(57)29-17-32-53(55)60(54-33-16-26-46-43-21-7-11-27-48(43)58(3,4)56(46)54)40-35-38(42-25-15-19-37-18-5-6-20-41(37)42)34-39(36-40)59-51-30-13-9-22-44(51)45-23-10-14-31-52(45)59/h5-36H,1-4H3. The Morgan fingerprint density at radius 3 is 1.70 bits per heavy atom. The van der Waals surface area contributed by atoms with E-state index in [1.807, 2.05) is 0 Å². The zero-order valence-corrected chi connectivity index (χ0v) is 34.4. The summed E-state index contributed by atoms with van der Waals surface area (Å²) in [4.78, 5) is 2.61. The maximum atomic E-state index is 2.61. The highest BCUT2D eigenvalue weighted by Gasteiger charge is 2.41. The topological polar surface area (TPSA) is 8.17 Å². The highest BCUT2D eigenvalue weighted by Crippen LogP contribution is 2.58. The van der Waals surface area contributed by atoms with Gasteiger partial charge >= 0.3 is 0 Å². The number of hydrogen-bond acceptors (Lipinski definition) is 1. The van der Waals surface area contributed by atoms with Gasteiger partial charge in [-0.1, -0.05) is 179 Å². The van der Waals surface area contributed by atoms with Gasteiger partial charge in [0.2, 0.25) is 0 Å². The molecule has 286 valence electrons. The van der Waals surface area contributed by atoms with E-state index < -0.39 is 0 Å². The second-order valence-corrected chi connectivity index (χ2v) is 17.7. The zero-order valence-electron chi connectivity index (χ0n) is 34.4. The molecule has 1 aromatic heterocycles. The summed E-state index contributed by atoms with van der Waals surface area (Å²) in [6, 6.07) is 72.5. The van der Waals surface area contributed by atoms with Crippen LogP contribution in [0.1, 0.15) is 49.9 Å². The van der Waals surface area contributed by atoms with E-state index in [0.717, 1.165) is 11.4 Å². The van der Waals surface area contributed by atoms with Gasteiger partial charge in [0.25, 0.3) is 0 Å². The Morgan fingerprint density at radius 1 is 0.400 bits per heavy atom. The average Bonchev–Trinajstić information content (AvgIpc) is 3.84. The molecular weight excluding hydrogens is 725 g/mol. The van der Waals surface area contributed by atoms with Crippen molar-refractivity contribution in [2.24, 2.45) is 0 Å². The van der Waals surface area contributed by atoms with Gasteiger partial charge in [-0.05, 0) is 103 Å². The van der Waals surface area contributed by atoms with Crippen LogP contribution in [-0.4, -0.2) is 4.57 Å². The minimum Gasteiger partial charge on any atom is -0.309 e. The number of benzene rings is 9. The summed E-state index contributed by atoms with van der Waals surface area (Å²) in [7, 11) is 0. The molecule has 0 bridgehead atoms. The summed E-state index contributed by atoms with van der Waals surface area (Å²) >= 11 is 0. The second-order valence-electron chi connectivity index (χ2n) is 17.7. The number of nitrogens with zero attached hydrogens (tertiary/aromatic N) is 2. The first-order chi connectivity index (χ1) is 29.3. The third kappa shape index (κ3) is 4.82. The van der Waals surface area contributed by atoms with Crippen LogP contribution in [0.25, 0.3) is 71.6 Å². The van der Waals surface area contributed by atoms with E-state index in [0.29, 0.717) is 0 Å². The van der Waals surface area contributed by atoms with E-state index in [4.69, 9.17) is 0 Å². The lowest BCUT2D eigenvalue weighted by molar-refractivity contribution is 0.659. The third-order valence-corrected chi connectivity index (χ3v) is 13.7. The molecule has 0 fully saturated rings. The summed E-state index contributed by atoms with van der Waals surface area (Å²) in [5.41, 5.74) is 19.7. The molecule has 0 aliphatic heterocycles. The number of anilines is 3. The predicted octanol–water partition coefficient (Wildman–Crippen LogP) is 15.7. The molecule has 12 rings (SSSR count). The van der Waals surface area contributed by atoms with Crippen LogP contribution in [0.4, 0.5) is 17.1 Å². The predicted molar refractivity (Wildman–Crippen MR) is 254 cm³/mol. The Hall–Kier alpha value is -7.16. The van der Waals surface area contributed by atoms with Crippen molar-refractivity contribution in [2.45, 2.75) is 38.5 Å². The Bertz CT molecular complexity index is 3340. The molecule has 2 aliphatic carbocycles. The quantitative estimate of drug-likeness (QED) is 0.169. The molecular formula is C58H44N2. The molecule has 0 radical (unpaired) electrons. The lowest BCUT2D eigenvalue weighted by Gasteiger charge is -2.34. The van der Waals surface area contributed by atoms with Gasteiger partial charge in [-0.15, -0.1) is 0 Å². The molecule has 9 aromatic carbocycles. The first kappa shape index (κ1) is 34.8. The van der Waals surface area contributed by atoms with E-state index in [9.17, 15) is 0 Å². The molecule has 2 aliphatic rings. The van der Waals surface area contributed by atoms with Crippen molar-refractivity contribution in [1.82, 2.24) is 4.57 Å². The van der Waals surface area contributed by atoms with Crippen LogP contribution in [0.15, 0.2) is 194 Å². The van der Waals surface area contributed by atoms with Crippen LogP contribution >= 0.6 is 0 Å². The summed E-state index contributed by atoms with van der Waals surface area (Å²) < 4.78 is 2.48. The summed E-state index contributed by atoms with van der Waals surface area (Å²) in [6.07, 6.45) is 0. The maximum Gasteiger partial charge on any atom is 0.0543 e. The SMILES string of the molecule is CC1(C)c2ccccc2-c2c(N(c3cc(-c4cccc5ccccc45)cc(-n4c5ccccc5c5ccccc54)c3)c3cccc4c3C(C)(C)c3ccccc3-4)cccc21. The first-order valence-electron chi connectivity index (χ1n) is 21.2. The zero-order chi connectivity index (χ0) is 40.3. The average molecular weight is 769 g/mol. The fourth-order valence-corrected chi connectivity index (χ4v) is 11.0. The van der Waals surface area contributed by atoms with Crippen LogP contribution in [0.2, 0.25) is 0 Å². The molecule has 0 saturated heterocycles. The first-order valence-corrected chi connectivity index (χ1v) is 21.2. The number of aromatic nitrogens is 1. The molecule has 0 spiro atoms. The molecule has 0 unspecified atom stereocenters. The van der Waals surface area contributed by atoms with E-state index >= 15 is 0 Å². The van der Waals surface area contributed by atoms with Gasteiger partial charge in [0, 0.05) is 38.5 Å². The van der Waals surface area contributed by atoms with Crippen LogP contribution in [-0.2, 0) is 10.8 Å². The summed E-state index contributed by atoms with van der Waals surface area (Å²) in [6.45, 7) is 9.58. The Balaban J connectivity index is 1.23. The van der Waals surface area contributed by atoms with Crippen molar-refractivity contribution in [1.29, 1.82) is 0 Å². The molecule has 2 heteroatoms. The van der Waals surface area contributed by atoms with Crippen LogP contribution < -0.4 is 4.90 Å². The smallest absolute Gasteiger partial charge is 0.0543 e. The largest absolute Gasteiger partial charge is 0.309 e. The van der Waals surface area contributed by atoms with Crippen LogP contribution in [0, 0.1) is 0 Å². The van der Waals surface area contributed by atoms with Crippen molar-refractivity contribution in [2.75, 3.05) is 4.90 Å². The van der Waals surface area contributed by atoms with E-state index in [2.05, 4.69) is 231 Å². The third-order valence-electron chi connectivity index (χ3n) is 13.7. The molecule has 1 heterocycles. The fraction of sp³-hybridized carbons (Fsp3) is 0.103. The lowest BCUT2D eigenvalue weighted by Crippen LogP contribution is -2.21. The summed E-state index contributed by atoms with van der Waals surface area (Å²) in [5, 5.41) is 4.98.